The largest absolute Gasteiger partial charge is 0.497 e. The maximum absolute atomic E-state index is 6.09. The molecule has 2 aromatic rings. The summed E-state index contributed by atoms with van der Waals surface area (Å²) >= 11 is 6.09. The van der Waals surface area contributed by atoms with Crippen LogP contribution in [0.15, 0.2) is 48.5 Å². The van der Waals surface area contributed by atoms with Crippen molar-refractivity contribution in [2.75, 3.05) is 25.5 Å². The molecule has 2 aromatic carbocycles. The van der Waals surface area contributed by atoms with Gasteiger partial charge in [-0.25, -0.2) is 0 Å². The van der Waals surface area contributed by atoms with Crippen molar-refractivity contribution in [3.8, 4) is 5.75 Å². The molecule has 0 bridgehead atoms. The van der Waals surface area contributed by atoms with E-state index in [0.717, 1.165) is 41.7 Å². The average Bonchev–Trinajstić information content (AvgIpc) is 2.49. The predicted octanol–water partition coefficient (Wildman–Crippen LogP) is 3.55. The van der Waals surface area contributed by atoms with Crippen molar-refractivity contribution < 1.29 is 4.74 Å². The Kier molecular flexibility index (Phi) is 5.71. The molecule has 0 saturated carbocycles. The summed E-state index contributed by atoms with van der Waals surface area (Å²) in [6.07, 6.45) is 0. The molecule has 0 saturated heterocycles. The number of anilines is 1. The van der Waals surface area contributed by atoms with Gasteiger partial charge >= 0.3 is 0 Å². The molecule has 0 amide bonds. The fourth-order valence-corrected chi connectivity index (χ4v) is 2.07. The highest BCUT2D eigenvalue weighted by Gasteiger charge is 1.98. The molecule has 0 radical (unpaired) electrons. The van der Waals surface area contributed by atoms with Crippen LogP contribution in [0, 0.1) is 0 Å². The zero-order valence-electron chi connectivity index (χ0n) is 11.5. The molecule has 4 heteroatoms. The number of halogens is 1. The Morgan fingerprint density at radius 1 is 1.00 bits per heavy atom. The molecule has 0 unspecified atom stereocenters. The first kappa shape index (κ1) is 14.7. The number of ether oxygens (including phenoxy) is 1. The third-order valence-corrected chi connectivity index (χ3v) is 3.36. The lowest BCUT2D eigenvalue weighted by molar-refractivity contribution is 0.415. The molecular formula is C16H19ClN2O. The fraction of sp³-hybridized carbons (Fsp3) is 0.250. The van der Waals surface area contributed by atoms with Crippen molar-refractivity contribution in [2.24, 2.45) is 0 Å². The molecule has 0 heterocycles. The zero-order valence-corrected chi connectivity index (χ0v) is 12.3. The Bertz CT molecular complexity index is 528. The highest BCUT2D eigenvalue weighted by Crippen LogP contribution is 2.15. The Labute approximate surface area is 124 Å². The SMILES string of the molecule is COc1ccc(NCCNCc2ccccc2Cl)cc1. The summed E-state index contributed by atoms with van der Waals surface area (Å²) in [7, 11) is 1.67. The van der Waals surface area contributed by atoms with Crippen molar-refractivity contribution in [1.82, 2.24) is 5.32 Å². The first-order valence-corrected chi connectivity index (χ1v) is 6.99. The molecule has 2 rings (SSSR count). The second-order valence-electron chi connectivity index (χ2n) is 4.42. The number of methoxy groups -OCH3 is 1. The molecule has 0 aliphatic heterocycles. The highest BCUT2D eigenvalue weighted by molar-refractivity contribution is 6.31. The van der Waals surface area contributed by atoms with Crippen LogP contribution in [0.4, 0.5) is 5.69 Å². The van der Waals surface area contributed by atoms with E-state index in [1.165, 1.54) is 0 Å². The van der Waals surface area contributed by atoms with E-state index in [0.29, 0.717) is 0 Å². The van der Waals surface area contributed by atoms with E-state index in [1.807, 2.05) is 48.5 Å². The van der Waals surface area contributed by atoms with E-state index in [2.05, 4.69) is 10.6 Å². The lowest BCUT2D eigenvalue weighted by Gasteiger charge is -2.09. The molecule has 20 heavy (non-hydrogen) atoms. The third kappa shape index (κ3) is 4.44. The van der Waals surface area contributed by atoms with Crippen molar-refractivity contribution in [3.05, 3.63) is 59.1 Å². The maximum atomic E-state index is 6.09. The number of rotatable bonds is 7. The molecule has 106 valence electrons. The van der Waals surface area contributed by atoms with Crippen LogP contribution in [-0.4, -0.2) is 20.2 Å². The molecule has 0 spiro atoms. The third-order valence-electron chi connectivity index (χ3n) is 2.99. The van der Waals surface area contributed by atoms with Gasteiger partial charge in [0, 0.05) is 30.3 Å². The normalized spacial score (nSPS) is 10.3. The molecule has 0 aliphatic rings. The van der Waals surface area contributed by atoms with E-state index in [4.69, 9.17) is 16.3 Å². The standard InChI is InChI=1S/C16H19ClN2O/c1-20-15-8-6-14(7-9-15)19-11-10-18-12-13-4-2-3-5-16(13)17/h2-9,18-19H,10-12H2,1H3. The second kappa shape index (κ2) is 7.78. The summed E-state index contributed by atoms with van der Waals surface area (Å²) in [6.45, 7) is 2.51. The first-order valence-electron chi connectivity index (χ1n) is 6.61. The van der Waals surface area contributed by atoms with Crippen LogP contribution in [0.2, 0.25) is 5.02 Å². The van der Waals surface area contributed by atoms with E-state index in [-0.39, 0.29) is 0 Å². The van der Waals surface area contributed by atoms with E-state index in [1.54, 1.807) is 7.11 Å². The van der Waals surface area contributed by atoms with E-state index < -0.39 is 0 Å². The Morgan fingerprint density at radius 2 is 1.75 bits per heavy atom. The molecule has 0 atom stereocenters. The van der Waals surface area contributed by atoms with Gasteiger partial charge < -0.3 is 15.4 Å². The minimum atomic E-state index is 0.782. The van der Waals surface area contributed by atoms with Gasteiger partial charge in [0.25, 0.3) is 0 Å². The number of hydrogen-bond donors (Lipinski definition) is 2. The number of hydrogen-bond acceptors (Lipinski definition) is 3. The molecule has 0 aliphatic carbocycles. The van der Waals surface area contributed by atoms with Crippen LogP contribution in [-0.2, 0) is 6.54 Å². The molecule has 2 N–H and O–H groups in total. The summed E-state index contributed by atoms with van der Waals surface area (Å²) in [5.74, 6) is 0.868. The molecular weight excluding hydrogens is 272 g/mol. The maximum Gasteiger partial charge on any atom is 0.119 e. The van der Waals surface area contributed by atoms with Crippen LogP contribution >= 0.6 is 11.6 Å². The summed E-state index contributed by atoms with van der Waals surface area (Å²) in [5.41, 5.74) is 2.21. The van der Waals surface area contributed by atoms with E-state index in [9.17, 15) is 0 Å². The lowest BCUT2D eigenvalue weighted by Crippen LogP contribution is -2.21. The summed E-state index contributed by atoms with van der Waals surface area (Å²) < 4.78 is 5.12. The molecule has 3 nitrogen and oxygen atoms in total. The minimum absolute atomic E-state index is 0.782. The van der Waals surface area contributed by atoms with Crippen LogP contribution in [0.5, 0.6) is 5.75 Å². The van der Waals surface area contributed by atoms with Crippen molar-refractivity contribution in [1.29, 1.82) is 0 Å². The van der Waals surface area contributed by atoms with Crippen LogP contribution in [0.3, 0.4) is 0 Å². The van der Waals surface area contributed by atoms with Crippen molar-refractivity contribution in [2.45, 2.75) is 6.54 Å². The smallest absolute Gasteiger partial charge is 0.119 e. The van der Waals surface area contributed by atoms with Gasteiger partial charge in [0.15, 0.2) is 0 Å². The second-order valence-corrected chi connectivity index (χ2v) is 4.83. The quantitative estimate of drug-likeness (QED) is 0.765. The van der Waals surface area contributed by atoms with Gasteiger partial charge in [0.2, 0.25) is 0 Å². The van der Waals surface area contributed by atoms with Gasteiger partial charge in [-0.1, -0.05) is 29.8 Å². The lowest BCUT2D eigenvalue weighted by atomic mass is 10.2. The topological polar surface area (TPSA) is 33.3 Å². The Balaban J connectivity index is 1.67. The van der Waals surface area contributed by atoms with E-state index >= 15 is 0 Å². The van der Waals surface area contributed by atoms with Crippen LogP contribution in [0.1, 0.15) is 5.56 Å². The Morgan fingerprint density at radius 3 is 2.45 bits per heavy atom. The van der Waals surface area contributed by atoms with Gasteiger partial charge in [-0.05, 0) is 35.9 Å². The number of nitrogens with one attached hydrogen (secondary N) is 2. The average molecular weight is 291 g/mol. The van der Waals surface area contributed by atoms with Gasteiger partial charge in [-0.15, -0.1) is 0 Å². The molecule has 0 aromatic heterocycles. The van der Waals surface area contributed by atoms with Crippen molar-refractivity contribution in [3.63, 3.8) is 0 Å². The van der Waals surface area contributed by atoms with Crippen LogP contribution < -0.4 is 15.4 Å². The van der Waals surface area contributed by atoms with Gasteiger partial charge in [-0.2, -0.15) is 0 Å². The van der Waals surface area contributed by atoms with Gasteiger partial charge in [0.1, 0.15) is 5.75 Å². The summed E-state index contributed by atoms with van der Waals surface area (Å²) in [6, 6.07) is 15.8. The highest BCUT2D eigenvalue weighted by atomic mass is 35.5. The van der Waals surface area contributed by atoms with Crippen LogP contribution in [0.25, 0.3) is 0 Å². The number of benzene rings is 2. The van der Waals surface area contributed by atoms with Crippen molar-refractivity contribution >= 4 is 17.3 Å². The Hall–Kier alpha value is -1.71. The zero-order chi connectivity index (χ0) is 14.2. The first-order chi connectivity index (χ1) is 9.79. The molecule has 0 fully saturated rings. The van der Waals surface area contributed by atoms with Gasteiger partial charge in [-0.3, -0.25) is 0 Å². The summed E-state index contributed by atoms with van der Waals surface area (Å²) in [5, 5.41) is 7.52. The van der Waals surface area contributed by atoms with Gasteiger partial charge in [0.05, 0.1) is 7.11 Å². The minimum Gasteiger partial charge on any atom is -0.497 e. The summed E-state index contributed by atoms with van der Waals surface area (Å²) in [4.78, 5) is 0. The fourth-order valence-electron chi connectivity index (χ4n) is 1.87. The monoisotopic (exact) mass is 290 g/mol. The predicted molar refractivity (Wildman–Crippen MR) is 84.6 cm³/mol.